The lowest BCUT2D eigenvalue weighted by Gasteiger charge is -2.14. The quantitative estimate of drug-likeness (QED) is 0.347. The van der Waals surface area contributed by atoms with Gasteiger partial charge < -0.3 is 15.2 Å². The van der Waals surface area contributed by atoms with Crippen LogP contribution in [0.25, 0.3) is 10.9 Å². The molecular weight excluding hydrogens is 396 g/mol. The van der Waals surface area contributed by atoms with Crippen molar-refractivity contribution in [2.75, 3.05) is 11.9 Å². The van der Waals surface area contributed by atoms with Crippen LogP contribution in [0.4, 0.5) is 5.69 Å². The summed E-state index contributed by atoms with van der Waals surface area (Å²) in [4.78, 5) is 38.4. The highest BCUT2D eigenvalue weighted by molar-refractivity contribution is 6.08. The van der Waals surface area contributed by atoms with Crippen molar-refractivity contribution in [3.05, 3.63) is 82.3 Å². The lowest BCUT2D eigenvalue weighted by Crippen LogP contribution is -2.12. The number of anilines is 1. The average Bonchev–Trinajstić information content (AvgIpc) is 2.76. The third-order valence-corrected chi connectivity index (χ3v) is 4.67. The number of hydrogen-bond donors (Lipinski definition) is 2. The highest BCUT2D eigenvalue weighted by Crippen LogP contribution is 2.25. The van der Waals surface area contributed by atoms with Gasteiger partial charge in [0.2, 0.25) is 0 Å². The first-order valence-electron chi connectivity index (χ1n) is 9.87. The van der Waals surface area contributed by atoms with Crippen molar-refractivity contribution in [1.29, 1.82) is 0 Å². The van der Waals surface area contributed by atoms with Gasteiger partial charge in [-0.15, -0.1) is 0 Å². The van der Waals surface area contributed by atoms with E-state index in [9.17, 15) is 14.4 Å². The smallest absolute Gasteiger partial charge is 0.335 e. The minimum Gasteiger partial charge on any atom is -0.478 e. The Morgan fingerprint density at radius 1 is 1.10 bits per heavy atom. The van der Waals surface area contributed by atoms with Crippen molar-refractivity contribution in [3.8, 4) is 0 Å². The largest absolute Gasteiger partial charge is 0.478 e. The van der Waals surface area contributed by atoms with Crippen molar-refractivity contribution < 1.29 is 24.2 Å². The number of ether oxygens (including phenoxy) is 1. The Kier molecular flexibility index (Phi) is 8.52. The van der Waals surface area contributed by atoms with E-state index in [1.54, 1.807) is 19.1 Å². The Bertz CT molecular complexity index is 1000. The van der Waals surface area contributed by atoms with E-state index >= 15 is 0 Å². The summed E-state index contributed by atoms with van der Waals surface area (Å²) in [5.41, 5.74) is 2.06. The van der Waals surface area contributed by atoms with Gasteiger partial charge in [-0.3, -0.25) is 9.59 Å². The van der Waals surface area contributed by atoms with E-state index < -0.39 is 11.9 Å². The Morgan fingerprint density at radius 3 is 2.26 bits per heavy atom. The molecule has 0 fully saturated rings. The summed E-state index contributed by atoms with van der Waals surface area (Å²) in [6.07, 6.45) is 2.56. The molecule has 0 aromatic heterocycles. The molecule has 0 heterocycles. The van der Waals surface area contributed by atoms with E-state index in [0.29, 0.717) is 24.3 Å². The average molecular weight is 420 g/mol. The minimum atomic E-state index is -1.06. The normalized spacial score (nSPS) is 11.8. The highest BCUT2D eigenvalue weighted by atomic mass is 16.5. The molecule has 2 rings (SSSR count). The second-order valence-electron chi connectivity index (χ2n) is 6.76. The van der Waals surface area contributed by atoms with Gasteiger partial charge in [-0.05, 0) is 60.7 Å². The summed E-state index contributed by atoms with van der Waals surface area (Å²) >= 11 is 0. The molecule has 0 radical (unpaired) electrons. The Hall–Kier alpha value is -3.92. The maximum absolute atomic E-state index is 12.4. The summed E-state index contributed by atoms with van der Waals surface area (Å²) in [6.45, 7) is 11.4. The van der Waals surface area contributed by atoms with Gasteiger partial charge in [0.05, 0.1) is 25.2 Å². The second-order valence-corrected chi connectivity index (χ2v) is 6.76. The lowest BCUT2D eigenvalue weighted by atomic mass is 9.92. The predicted octanol–water partition coefficient (Wildman–Crippen LogP) is 4.73. The molecule has 2 N–H and O–H groups in total. The number of carboxylic acids is 1. The van der Waals surface area contributed by atoms with Crippen LogP contribution in [0.15, 0.2) is 54.2 Å². The standard InChI is InChI=1S/C24H24N2O5/c1-4-17(15-22(27)31-5-2)18-8-6-16(7-9-18)14-21(25-3)23(28)26-20-12-10-19(11-13-20)24(29)30/h6-14,17H,4-5,15H2,1-2H3,(H,26,28)(H,29,30). The van der Waals surface area contributed by atoms with Crippen LogP contribution in [0.5, 0.6) is 0 Å². The number of hydrogen-bond acceptors (Lipinski definition) is 4. The molecule has 0 aliphatic heterocycles. The van der Waals surface area contributed by atoms with Crippen LogP contribution in [0.1, 0.15) is 54.1 Å². The number of benzene rings is 2. The van der Waals surface area contributed by atoms with Crippen LogP contribution in [0.2, 0.25) is 0 Å². The Morgan fingerprint density at radius 2 is 1.74 bits per heavy atom. The van der Waals surface area contributed by atoms with Crippen LogP contribution in [-0.4, -0.2) is 29.6 Å². The summed E-state index contributed by atoms with van der Waals surface area (Å²) in [5.74, 6) is -1.84. The number of esters is 1. The predicted molar refractivity (Wildman–Crippen MR) is 117 cm³/mol. The third kappa shape index (κ3) is 6.82. The molecule has 0 aliphatic rings. The van der Waals surface area contributed by atoms with Crippen molar-refractivity contribution in [3.63, 3.8) is 0 Å². The second kappa shape index (κ2) is 11.3. The molecule has 7 heteroatoms. The van der Waals surface area contributed by atoms with E-state index in [1.165, 1.54) is 30.3 Å². The summed E-state index contributed by atoms with van der Waals surface area (Å²) in [6, 6.07) is 13.0. The molecule has 0 aliphatic carbocycles. The van der Waals surface area contributed by atoms with Crippen molar-refractivity contribution in [2.45, 2.75) is 32.6 Å². The number of carbonyl (C=O) groups is 3. The summed E-state index contributed by atoms with van der Waals surface area (Å²) in [7, 11) is 0. The monoisotopic (exact) mass is 420 g/mol. The highest BCUT2D eigenvalue weighted by Gasteiger charge is 2.15. The van der Waals surface area contributed by atoms with E-state index in [0.717, 1.165) is 12.0 Å². The zero-order chi connectivity index (χ0) is 22.8. The minimum absolute atomic E-state index is 0.0366. The SMILES string of the molecule is [C-]#[N+]C(=Cc1ccc(C(CC)CC(=O)OCC)cc1)C(=O)Nc1ccc(C(=O)O)cc1. The fourth-order valence-corrected chi connectivity index (χ4v) is 2.98. The number of amides is 1. The van der Waals surface area contributed by atoms with Gasteiger partial charge >= 0.3 is 11.9 Å². The van der Waals surface area contributed by atoms with Crippen molar-refractivity contribution in [1.82, 2.24) is 0 Å². The molecular formula is C24H24N2O5. The fourth-order valence-electron chi connectivity index (χ4n) is 2.98. The first kappa shape index (κ1) is 23.4. The molecule has 1 amide bonds. The van der Waals surface area contributed by atoms with Crippen LogP contribution in [-0.2, 0) is 14.3 Å². The van der Waals surface area contributed by atoms with E-state index in [2.05, 4.69) is 10.2 Å². The Labute approximate surface area is 181 Å². The number of nitrogens with one attached hydrogen (secondary N) is 1. The molecule has 0 saturated heterocycles. The molecule has 160 valence electrons. The summed E-state index contributed by atoms with van der Waals surface area (Å²) < 4.78 is 5.02. The molecule has 0 bridgehead atoms. The van der Waals surface area contributed by atoms with Crippen molar-refractivity contribution >= 4 is 29.6 Å². The number of aromatic carboxylic acids is 1. The van der Waals surface area contributed by atoms with Gasteiger partial charge in [0.15, 0.2) is 0 Å². The number of carboxylic acid groups (broad SMARTS) is 1. The van der Waals surface area contributed by atoms with Gasteiger partial charge in [-0.1, -0.05) is 31.2 Å². The van der Waals surface area contributed by atoms with Crippen LogP contribution < -0.4 is 5.32 Å². The molecule has 2 aromatic carbocycles. The zero-order valence-electron chi connectivity index (χ0n) is 17.4. The number of rotatable bonds is 9. The van der Waals surface area contributed by atoms with Crippen LogP contribution in [0.3, 0.4) is 0 Å². The Balaban J connectivity index is 2.11. The van der Waals surface area contributed by atoms with Crippen LogP contribution in [0, 0.1) is 6.57 Å². The van der Waals surface area contributed by atoms with Gasteiger partial charge in [-0.2, -0.15) is 0 Å². The number of carbonyl (C=O) groups excluding carboxylic acids is 2. The van der Waals surface area contributed by atoms with Gasteiger partial charge in [0.25, 0.3) is 11.6 Å². The first-order chi connectivity index (χ1) is 14.9. The molecule has 0 spiro atoms. The molecule has 1 unspecified atom stereocenters. The molecule has 2 aromatic rings. The van der Waals surface area contributed by atoms with Gasteiger partial charge in [0.1, 0.15) is 0 Å². The van der Waals surface area contributed by atoms with Gasteiger partial charge in [-0.25, -0.2) is 9.64 Å². The lowest BCUT2D eigenvalue weighted by molar-refractivity contribution is -0.143. The maximum atomic E-state index is 12.4. The number of nitrogens with zero attached hydrogens (tertiary/aromatic N) is 1. The maximum Gasteiger partial charge on any atom is 0.335 e. The molecule has 1 atom stereocenters. The van der Waals surface area contributed by atoms with E-state index in [4.69, 9.17) is 16.4 Å². The molecule has 31 heavy (non-hydrogen) atoms. The van der Waals surface area contributed by atoms with E-state index in [-0.39, 0.29) is 23.1 Å². The van der Waals surface area contributed by atoms with Crippen molar-refractivity contribution in [2.24, 2.45) is 0 Å². The summed E-state index contributed by atoms with van der Waals surface area (Å²) in [5, 5.41) is 11.5. The van der Waals surface area contributed by atoms with E-state index in [1.807, 2.05) is 19.1 Å². The third-order valence-electron chi connectivity index (χ3n) is 4.67. The van der Waals surface area contributed by atoms with Crippen LogP contribution >= 0.6 is 0 Å². The first-order valence-corrected chi connectivity index (χ1v) is 9.87. The fraction of sp³-hybridized carbons (Fsp3) is 0.250. The zero-order valence-corrected chi connectivity index (χ0v) is 17.4. The molecule has 0 saturated carbocycles. The van der Waals surface area contributed by atoms with Gasteiger partial charge in [0, 0.05) is 5.69 Å². The molecule has 7 nitrogen and oxygen atoms in total. The topological polar surface area (TPSA) is 97.1 Å².